The van der Waals surface area contributed by atoms with Gasteiger partial charge in [-0.2, -0.15) is 0 Å². The highest BCUT2D eigenvalue weighted by Crippen LogP contribution is 2.34. The average Bonchev–Trinajstić information content (AvgIpc) is 3.36. The zero-order chi connectivity index (χ0) is 24.1. The maximum absolute atomic E-state index is 12.8. The average molecular weight is 472 g/mol. The highest BCUT2D eigenvalue weighted by molar-refractivity contribution is 7.18. The summed E-state index contributed by atoms with van der Waals surface area (Å²) in [6.07, 6.45) is 0. The van der Waals surface area contributed by atoms with E-state index in [1.807, 2.05) is 32.0 Å². The second-order valence-electron chi connectivity index (χ2n) is 7.30. The number of carbonyl (C=O) groups is 3. The molecule has 0 unspecified atom stereocenters. The molecular weight excluding hydrogens is 446 g/mol. The summed E-state index contributed by atoms with van der Waals surface area (Å²) in [6, 6.07) is 9.03. The van der Waals surface area contributed by atoms with Gasteiger partial charge in [0.2, 0.25) is 0 Å². The van der Waals surface area contributed by atoms with Crippen LogP contribution in [0.3, 0.4) is 0 Å². The Bertz CT molecular complexity index is 1170. The highest BCUT2D eigenvalue weighted by Gasteiger charge is 2.27. The third-order valence-corrected chi connectivity index (χ3v) is 5.87. The maximum Gasteiger partial charge on any atom is 0.348 e. The van der Waals surface area contributed by atoms with E-state index in [-0.39, 0.29) is 34.4 Å². The van der Waals surface area contributed by atoms with Crippen LogP contribution in [0.15, 0.2) is 34.7 Å². The first kappa shape index (κ1) is 24.1. The van der Waals surface area contributed by atoms with E-state index in [9.17, 15) is 14.4 Å². The topological polar surface area (TPSA) is 104 Å². The van der Waals surface area contributed by atoms with Crippen LogP contribution in [0.2, 0.25) is 0 Å². The van der Waals surface area contributed by atoms with E-state index < -0.39 is 17.8 Å². The number of benzene rings is 1. The summed E-state index contributed by atoms with van der Waals surface area (Å²) < 4.78 is 21.2. The largest absolute Gasteiger partial charge is 0.486 e. The first-order valence-electron chi connectivity index (χ1n) is 10.2. The molecule has 1 amide bonds. The molecule has 0 bridgehead atoms. The summed E-state index contributed by atoms with van der Waals surface area (Å²) in [5.41, 5.74) is 2.64. The number of anilines is 1. The molecule has 0 aliphatic heterocycles. The number of aryl methyl sites for hydroxylation is 2. The second kappa shape index (κ2) is 10.4. The Morgan fingerprint density at radius 3 is 2.36 bits per heavy atom. The Morgan fingerprint density at radius 1 is 1.03 bits per heavy atom. The van der Waals surface area contributed by atoms with Crippen molar-refractivity contribution in [1.29, 1.82) is 0 Å². The lowest BCUT2D eigenvalue weighted by molar-refractivity contribution is 0.0531. The van der Waals surface area contributed by atoms with Gasteiger partial charge in [0.25, 0.3) is 5.91 Å². The number of furan rings is 1. The summed E-state index contributed by atoms with van der Waals surface area (Å²) in [4.78, 5) is 37.5. The monoisotopic (exact) mass is 471 g/mol. The van der Waals surface area contributed by atoms with Crippen molar-refractivity contribution in [2.24, 2.45) is 0 Å². The van der Waals surface area contributed by atoms with Crippen LogP contribution in [0.4, 0.5) is 5.00 Å². The molecule has 2 heterocycles. The Hall–Kier alpha value is -3.59. The van der Waals surface area contributed by atoms with E-state index in [2.05, 4.69) is 5.32 Å². The smallest absolute Gasteiger partial charge is 0.348 e. The normalized spacial score (nSPS) is 10.6. The van der Waals surface area contributed by atoms with Crippen molar-refractivity contribution < 1.29 is 33.0 Å². The molecule has 33 heavy (non-hydrogen) atoms. The SMILES string of the molecule is CCOC(=O)c1sc(NC(=O)c2ccc(COc3cc(C)cc(C)c3)o2)c(C(=O)OC)c1C. The fourth-order valence-corrected chi connectivity index (χ4v) is 4.34. The van der Waals surface area contributed by atoms with Crippen molar-refractivity contribution >= 4 is 34.2 Å². The molecule has 2 aromatic heterocycles. The molecular formula is C24H25NO7S. The van der Waals surface area contributed by atoms with Crippen molar-refractivity contribution in [1.82, 2.24) is 0 Å². The minimum atomic E-state index is -0.670. The van der Waals surface area contributed by atoms with Gasteiger partial charge in [-0.15, -0.1) is 11.3 Å². The lowest BCUT2D eigenvalue weighted by atomic mass is 10.1. The van der Waals surface area contributed by atoms with Gasteiger partial charge in [0.05, 0.1) is 19.3 Å². The number of thiophene rings is 1. The molecule has 0 saturated carbocycles. The van der Waals surface area contributed by atoms with Crippen molar-refractivity contribution in [2.75, 3.05) is 19.0 Å². The summed E-state index contributed by atoms with van der Waals surface area (Å²) >= 11 is 0.944. The minimum absolute atomic E-state index is 0.0357. The number of nitrogens with one attached hydrogen (secondary N) is 1. The summed E-state index contributed by atoms with van der Waals surface area (Å²) in [6.45, 7) is 7.58. The van der Waals surface area contributed by atoms with Gasteiger partial charge in [0.15, 0.2) is 5.76 Å². The quantitative estimate of drug-likeness (QED) is 0.458. The molecule has 0 aliphatic carbocycles. The molecule has 174 valence electrons. The molecule has 9 heteroatoms. The van der Waals surface area contributed by atoms with E-state index >= 15 is 0 Å². The molecule has 0 atom stereocenters. The summed E-state index contributed by atoms with van der Waals surface area (Å²) in [5, 5.41) is 2.82. The highest BCUT2D eigenvalue weighted by atomic mass is 32.1. The molecule has 0 fully saturated rings. The number of ether oxygens (including phenoxy) is 3. The maximum atomic E-state index is 12.8. The zero-order valence-corrected chi connectivity index (χ0v) is 19.9. The fraction of sp³-hybridized carbons (Fsp3) is 0.292. The van der Waals surface area contributed by atoms with E-state index in [0.29, 0.717) is 17.1 Å². The predicted octanol–water partition coefficient (Wildman–Crippen LogP) is 5.06. The molecule has 0 radical (unpaired) electrons. The lowest BCUT2D eigenvalue weighted by Crippen LogP contribution is -2.13. The Kier molecular flexibility index (Phi) is 7.55. The zero-order valence-electron chi connectivity index (χ0n) is 19.1. The predicted molar refractivity (Wildman–Crippen MR) is 123 cm³/mol. The van der Waals surface area contributed by atoms with E-state index in [0.717, 1.165) is 22.5 Å². The van der Waals surface area contributed by atoms with Crippen LogP contribution in [0.5, 0.6) is 5.75 Å². The van der Waals surface area contributed by atoms with Crippen LogP contribution in [-0.2, 0) is 16.1 Å². The number of methoxy groups -OCH3 is 1. The molecule has 0 spiro atoms. The molecule has 3 aromatic rings. The Morgan fingerprint density at radius 2 is 1.73 bits per heavy atom. The van der Waals surface area contributed by atoms with Crippen LogP contribution in [0.1, 0.15) is 60.0 Å². The van der Waals surface area contributed by atoms with Crippen LogP contribution < -0.4 is 10.1 Å². The molecule has 0 aliphatic rings. The van der Waals surface area contributed by atoms with Gasteiger partial charge in [-0.05, 0) is 68.7 Å². The van der Waals surface area contributed by atoms with Gasteiger partial charge in [-0.25, -0.2) is 9.59 Å². The minimum Gasteiger partial charge on any atom is -0.486 e. The Balaban J connectivity index is 1.76. The van der Waals surface area contributed by atoms with Crippen molar-refractivity contribution in [3.8, 4) is 5.75 Å². The van der Waals surface area contributed by atoms with Crippen molar-refractivity contribution in [3.63, 3.8) is 0 Å². The fourth-order valence-electron chi connectivity index (χ4n) is 3.25. The van der Waals surface area contributed by atoms with Crippen LogP contribution in [0.25, 0.3) is 0 Å². The number of amides is 1. The molecule has 0 saturated heterocycles. The van der Waals surface area contributed by atoms with Gasteiger partial charge >= 0.3 is 11.9 Å². The molecule has 1 N–H and O–H groups in total. The first-order chi connectivity index (χ1) is 15.7. The Labute approximate surface area is 195 Å². The number of hydrogen-bond acceptors (Lipinski definition) is 8. The van der Waals surface area contributed by atoms with Gasteiger partial charge in [0, 0.05) is 0 Å². The standard InChI is InChI=1S/C24H25NO7S/c1-6-30-24(28)20-15(4)19(23(27)29-5)22(33-20)25-21(26)18-8-7-16(32-18)12-31-17-10-13(2)9-14(3)11-17/h7-11H,6,12H2,1-5H3,(H,25,26). The van der Waals surface area contributed by atoms with E-state index in [4.69, 9.17) is 18.6 Å². The molecule has 1 aromatic carbocycles. The summed E-state index contributed by atoms with van der Waals surface area (Å²) in [5.74, 6) is -0.616. The van der Waals surface area contributed by atoms with Gasteiger partial charge in [-0.3, -0.25) is 4.79 Å². The first-order valence-corrected chi connectivity index (χ1v) is 11.0. The van der Waals surface area contributed by atoms with E-state index in [1.165, 1.54) is 13.2 Å². The number of carbonyl (C=O) groups excluding carboxylic acids is 3. The van der Waals surface area contributed by atoms with Crippen LogP contribution in [0, 0.1) is 20.8 Å². The number of hydrogen-bond donors (Lipinski definition) is 1. The second-order valence-corrected chi connectivity index (χ2v) is 8.33. The molecule has 3 rings (SSSR count). The third-order valence-electron chi connectivity index (χ3n) is 4.69. The van der Waals surface area contributed by atoms with Gasteiger partial charge in [-0.1, -0.05) is 6.07 Å². The lowest BCUT2D eigenvalue weighted by Gasteiger charge is -2.07. The molecule has 8 nitrogen and oxygen atoms in total. The van der Waals surface area contributed by atoms with Gasteiger partial charge in [0.1, 0.15) is 28.0 Å². The van der Waals surface area contributed by atoms with Gasteiger partial charge < -0.3 is 23.9 Å². The summed E-state index contributed by atoms with van der Waals surface area (Å²) in [7, 11) is 1.23. The third kappa shape index (κ3) is 5.61. The van der Waals surface area contributed by atoms with Crippen LogP contribution in [-0.4, -0.2) is 31.6 Å². The van der Waals surface area contributed by atoms with Crippen LogP contribution >= 0.6 is 11.3 Å². The number of rotatable bonds is 8. The van der Waals surface area contributed by atoms with Crippen molar-refractivity contribution in [3.05, 3.63) is 69.0 Å². The van der Waals surface area contributed by atoms with Crippen molar-refractivity contribution in [2.45, 2.75) is 34.3 Å². The van der Waals surface area contributed by atoms with E-state index in [1.54, 1.807) is 19.9 Å². The number of esters is 2.